The number of hydrogen-bond donors (Lipinski definition) is 3. The van der Waals surface area contributed by atoms with E-state index in [0.29, 0.717) is 30.2 Å². The van der Waals surface area contributed by atoms with Crippen molar-refractivity contribution in [2.75, 3.05) is 24.1 Å². The number of nitrogens with two attached hydrogens (primary N) is 1. The molecule has 0 aliphatic carbocycles. The molecule has 152 valence electrons. The monoisotopic (exact) mass is 402 g/mol. The smallest absolute Gasteiger partial charge is 0.216 e. The molecule has 1 aromatic heterocycles. The van der Waals surface area contributed by atoms with E-state index in [0.717, 1.165) is 28.0 Å². The summed E-state index contributed by atoms with van der Waals surface area (Å²) >= 11 is 0. The lowest BCUT2D eigenvalue weighted by Gasteiger charge is -2.32. The van der Waals surface area contributed by atoms with Gasteiger partial charge in [0.05, 0.1) is 18.3 Å². The fourth-order valence-corrected chi connectivity index (χ4v) is 3.71. The van der Waals surface area contributed by atoms with Crippen molar-refractivity contribution in [1.82, 2.24) is 9.88 Å². The van der Waals surface area contributed by atoms with Crippen LogP contribution in [0.4, 0.5) is 11.5 Å². The van der Waals surface area contributed by atoms with Gasteiger partial charge in [-0.15, -0.1) is 0 Å². The molecule has 0 radical (unpaired) electrons. The normalized spacial score (nSPS) is 12.9. The van der Waals surface area contributed by atoms with Crippen LogP contribution in [0.1, 0.15) is 12.5 Å². The van der Waals surface area contributed by atoms with Crippen LogP contribution in [0.3, 0.4) is 0 Å². The highest BCUT2D eigenvalue weighted by molar-refractivity contribution is 5.96. The lowest BCUT2D eigenvalue weighted by molar-refractivity contribution is -0.118. The SMILES string of the molecule is COc1ccc2c(c1)c(CCNC(C)=O)c1n2C(N)=C(C#N)N(c2ccccc2)N1. The van der Waals surface area contributed by atoms with E-state index in [4.69, 9.17) is 10.5 Å². The molecule has 0 atom stereocenters. The summed E-state index contributed by atoms with van der Waals surface area (Å²) in [5.41, 5.74) is 12.8. The van der Waals surface area contributed by atoms with E-state index in [1.54, 1.807) is 12.1 Å². The van der Waals surface area contributed by atoms with Crippen LogP contribution in [0.5, 0.6) is 5.75 Å². The molecule has 0 unspecified atom stereocenters. The fraction of sp³-hybridized carbons (Fsp3) is 0.182. The molecular weight excluding hydrogens is 380 g/mol. The van der Waals surface area contributed by atoms with Crippen LogP contribution in [0.2, 0.25) is 0 Å². The van der Waals surface area contributed by atoms with E-state index in [1.807, 2.05) is 53.1 Å². The van der Waals surface area contributed by atoms with Crippen LogP contribution < -0.4 is 26.2 Å². The number of rotatable bonds is 5. The Balaban J connectivity index is 1.91. The summed E-state index contributed by atoms with van der Waals surface area (Å²) in [4.78, 5) is 11.4. The molecule has 8 heteroatoms. The van der Waals surface area contributed by atoms with E-state index in [-0.39, 0.29) is 5.91 Å². The number of ether oxygens (including phenoxy) is 1. The maximum atomic E-state index is 11.4. The Morgan fingerprint density at radius 2 is 2.03 bits per heavy atom. The zero-order chi connectivity index (χ0) is 21.3. The second kappa shape index (κ2) is 7.72. The van der Waals surface area contributed by atoms with Gasteiger partial charge in [-0.25, -0.2) is 5.01 Å². The minimum atomic E-state index is -0.0880. The van der Waals surface area contributed by atoms with Crippen molar-refractivity contribution in [3.8, 4) is 11.8 Å². The maximum Gasteiger partial charge on any atom is 0.216 e. The number of nitrogens with zero attached hydrogens (tertiary/aromatic N) is 3. The number of para-hydroxylation sites is 1. The van der Waals surface area contributed by atoms with Crippen LogP contribution in [-0.4, -0.2) is 24.1 Å². The molecule has 1 aliphatic heterocycles. The van der Waals surface area contributed by atoms with Crippen LogP contribution in [0, 0.1) is 11.3 Å². The molecule has 1 amide bonds. The predicted octanol–water partition coefficient (Wildman–Crippen LogP) is 2.78. The van der Waals surface area contributed by atoms with Crippen LogP contribution in [-0.2, 0) is 11.2 Å². The van der Waals surface area contributed by atoms with Gasteiger partial charge in [-0.05, 0) is 36.8 Å². The first-order valence-corrected chi connectivity index (χ1v) is 9.53. The molecule has 0 bridgehead atoms. The van der Waals surface area contributed by atoms with Gasteiger partial charge in [0.15, 0.2) is 5.70 Å². The second-order valence-corrected chi connectivity index (χ2v) is 6.91. The topological polar surface area (TPSA) is 108 Å². The number of benzene rings is 2. The number of nitriles is 1. The van der Waals surface area contributed by atoms with Crippen molar-refractivity contribution in [2.24, 2.45) is 5.73 Å². The molecule has 1 aliphatic rings. The largest absolute Gasteiger partial charge is 0.497 e. The van der Waals surface area contributed by atoms with Crippen molar-refractivity contribution in [3.63, 3.8) is 0 Å². The fourth-order valence-electron chi connectivity index (χ4n) is 3.71. The van der Waals surface area contributed by atoms with Gasteiger partial charge in [0, 0.05) is 24.4 Å². The molecule has 3 aromatic rings. The molecule has 8 nitrogen and oxygen atoms in total. The molecule has 0 saturated heterocycles. The zero-order valence-corrected chi connectivity index (χ0v) is 16.8. The van der Waals surface area contributed by atoms with Crippen molar-refractivity contribution in [3.05, 3.63) is 59.8 Å². The van der Waals surface area contributed by atoms with E-state index in [2.05, 4.69) is 16.8 Å². The summed E-state index contributed by atoms with van der Waals surface area (Å²) in [6.45, 7) is 1.96. The molecule has 4 N–H and O–H groups in total. The summed E-state index contributed by atoms with van der Waals surface area (Å²) < 4.78 is 7.25. The molecule has 4 rings (SSSR count). The average Bonchev–Trinajstić information content (AvgIpc) is 3.07. The van der Waals surface area contributed by atoms with Gasteiger partial charge in [-0.2, -0.15) is 5.26 Å². The third-order valence-electron chi connectivity index (χ3n) is 5.07. The first-order valence-electron chi connectivity index (χ1n) is 9.53. The third kappa shape index (κ3) is 3.16. The number of hydrazine groups is 1. The third-order valence-corrected chi connectivity index (χ3v) is 5.07. The van der Waals surface area contributed by atoms with Gasteiger partial charge in [-0.1, -0.05) is 18.2 Å². The number of fused-ring (bicyclic) bond motifs is 3. The number of nitrogens with one attached hydrogen (secondary N) is 2. The van der Waals surface area contributed by atoms with Gasteiger partial charge < -0.3 is 15.8 Å². The summed E-state index contributed by atoms with van der Waals surface area (Å²) in [6.07, 6.45) is 0.580. The Morgan fingerprint density at radius 1 is 1.27 bits per heavy atom. The van der Waals surface area contributed by atoms with Gasteiger partial charge in [0.25, 0.3) is 0 Å². The molecule has 2 heterocycles. The van der Waals surface area contributed by atoms with Crippen molar-refractivity contribution < 1.29 is 9.53 Å². The minimum absolute atomic E-state index is 0.0880. The zero-order valence-electron chi connectivity index (χ0n) is 16.8. The average molecular weight is 402 g/mol. The number of amides is 1. The number of carbonyl (C=O) groups is 1. The Labute approximate surface area is 174 Å². The number of anilines is 2. The lowest BCUT2D eigenvalue weighted by atomic mass is 10.1. The van der Waals surface area contributed by atoms with E-state index < -0.39 is 0 Å². The Kier molecular flexibility index (Phi) is 4.94. The number of methoxy groups -OCH3 is 1. The molecule has 0 fully saturated rings. The quantitative estimate of drug-likeness (QED) is 0.606. The minimum Gasteiger partial charge on any atom is -0.497 e. The standard InChI is InChI=1S/C22H22N6O2/c1-14(29)25-11-10-17-18-12-16(30-2)8-9-19(18)27-21(24)20(13-23)28(26-22(17)27)15-6-4-3-5-7-15/h3-9,12,26H,10-11,24H2,1-2H3,(H,25,29). The van der Waals surface area contributed by atoms with Gasteiger partial charge >= 0.3 is 0 Å². The highest BCUT2D eigenvalue weighted by atomic mass is 16.5. The highest BCUT2D eigenvalue weighted by Gasteiger charge is 2.29. The van der Waals surface area contributed by atoms with Crippen molar-refractivity contribution in [1.29, 1.82) is 5.26 Å². The maximum absolute atomic E-state index is 11.4. The van der Waals surface area contributed by atoms with Crippen LogP contribution >= 0.6 is 0 Å². The van der Waals surface area contributed by atoms with Crippen LogP contribution in [0.25, 0.3) is 16.7 Å². The first-order chi connectivity index (χ1) is 14.5. The van der Waals surface area contributed by atoms with Crippen molar-refractivity contribution in [2.45, 2.75) is 13.3 Å². The molecule has 0 saturated carbocycles. The summed E-state index contributed by atoms with van der Waals surface area (Å²) in [6, 6.07) is 17.4. The number of allylic oxidation sites excluding steroid dienone is 1. The molecular formula is C22H22N6O2. The Hall–Kier alpha value is -4.12. The van der Waals surface area contributed by atoms with Gasteiger partial charge in [0.2, 0.25) is 5.91 Å². The molecule has 0 spiro atoms. The van der Waals surface area contributed by atoms with Gasteiger partial charge in [0.1, 0.15) is 23.5 Å². The molecule has 2 aromatic carbocycles. The summed E-state index contributed by atoms with van der Waals surface area (Å²) in [5, 5.41) is 15.3. The van der Waals surface area contributed by atoms with Gasteiger partial charge in [-0.3, -0.25) is 14.8 Å². The number of aromatic nitrogens is 1. The van der Waals surface area contributed by atoms with E-state index in [9.17, 15) is 10.1 Å². The number of carbonyl (C=O) groups excluding carboxylic acids is 1. The van der Waals surface area contributed by atoms with Crippen LogP contribution in [0.15, 0.2) is 54.2 Å². The Bertz CT molecular complexity index is 1190. The number of hydrogen-bond acceptors (Lipinski definition) is 6. The highest BCUT2D eigenvalue weighted by Crippen LogP contribution is 2.39. The lowest BCUT2D eigenvalue weighted by Crippen LogP contribution is -2.37. The van der Waals surface area contributed by atoms with E-state index in [1.165, 1.54) is 6.92 Å². The van der Waals surface area contributed by atoms with Crippen molar-refractivity contribution >= 4 is 34.1 Å². The van der Waals surface area contributed by atoms with E-state index >= 15 is 0 Å². The second-order valence-electron chi connectivity index (χ2n) is 6.91. The summed E-state index contributed by atoms with van der Waals surface area (Å²) in [5.74, 6) is 1.71. The predicted molar refractivity (Wildman–Crippen MR) is 116 cm³/mol. The molecule has 30 heavy (non-hydrogen) atoms. The first kappa shape index (κ1) is 19.2. The Morgan fingerprint density at radius 3 is 2.70 bits per heavy atom. The summed E-state index contributed by atoms with van der Waals surface area (Å²) in [7, 11) is 1.62.